The number of nitrogens with zero attached hydrogens (tertiary/aromatic N) is 6. The summed E-state index contributed by atoms with van der Waals surface area (Å²) >= 11 is 1.24. The first kappa shape index (κ1) is 18.4. The van der Waals surface area contributed by atoms with Crippen molar-refractivity contribution < 1.29 is 19.1 Å². The second-order valence-electron chi connectivity index (χ2n) is 6.12. The molecule has 2 unspecified atom stereocenters. The number of esters is 2. The molecule has 3 heterocycles. The Hall–Kier alpha value is -2.95. The molecule has 0 saturated carbocycles. The fourth-order valence-electron chi connectivity index (χ4n) is 3.02. The van der Waals surface area contributed by atoms with Gasteiger partial charge in [0.15, 0.2) is 0 Å². The predicted molar refractivity (Wildman–Crippen MR) is 99.5 cm³/mol. The van der Waals surface area contributed by atoms with Gasteiger partial charge in [-0.15, -0.1) is 5.10 Å². The number of aromatic nitrogens is 3. The zero-order valence-corrected chi connectivity index (χ0v) is 16.3. The van der Waals surface area contributed by atoms with Crippen LogP contribution >= 0.6 is 11.8 Å². The van der Waals surface area contributed by atoms with E-state index >= 15 is 0 Å². The summed E-state index contributed by atoms with van der Waals surface area (Å²) in [5.41, 5.74) is 2.50. The van der Waals surface area contributed by atoms with Gasteiger partial charge in [0.1, 0.15) is 10.4 Å². The van der Waals surface area contributed by atoms with Crippen LogP contribution < -0.4 is 5.01 Å². The van der Waals surface area contributed by atoms with E-state index in [9.17, 15) is 9.59 Å². The predicted octanol–water partition coefficient (Wildman–Crippen LogP) is 2.30. The molecule has 0 spiro atoms. The highest BCUT2D eigenvalue weighted by atomic mass is 32.2. The number of ether oxygens (including phenoxy) is 2. The summed E-state index contributed by atoms with van der Waals surface area (Å²) in [4.78, 5) is 24.8. The molecule has 1 aromatic carbocycles. The number of hydrogen-bond acceptors (Lipinski definition) is 10. The zero-order chi connectivity index (χ0) is 19.8. The highest BCUT2D eigenvalue weighted by Crippen LogP contribution is 2.44. The number of benzene rings is 1. The Labute approximate surface area is 164 Å². The molecule has 1 aromatic heterocycles. The SMILES string of the molecule is CCOC(=O)c1nnn2c1SC1C(C(=O)OCC)N=NN1c1cc(C)ccc1-2. The molecule has 28 heavy (non-hydrogen) atoms. The van der Waals surface area contributed by atoms with Crippen molar-refractivity contribution in [3.8, 4) is 5.69 Å². The molecule has 0 N–H and O–H groups in total. The summed E-state index contributed by atoms with van der Waals surface area (Å²) in [5.74, 6) is -1.04. The minimum Gasteiger partial charge on any atom is -0.464 e. The van der Waals surface area contributed by atoms with Crippen LogP contribution in [0.4, 0.5) is 5.69 Å². The zero-order valence-electron chi connectivity index (χ0n) is 15.5. The van der Waals surface area contributed by atoms with Gasteiger partial charge in [-0.05, 0) is 38.5 Å². The van der Waals surface area contributed by atoms with E-state index in [1.54, 1.807) is 23.5 Å². The average molecular weight is 402 g/mol. The van der Waals surface area contributed by atoms with Gasteiger partial charge in [-0.3, -0.25) is 0 Å². The molecule has 0 saturated heterocycles. The Morgan fingerprint density at radius 2 is 1.96 bits per heavy atom. The summed E-state index contributed by atoms with van der Waals surface area (Å²) in [5, 5.41) is 18.1. The van der Waals surface area contributed by atoms with Gasteiger partial charge in [-0.2, -0.15) is 5.11 Å². The maximum Gasteiger partial charge on any atom is 0.361 e. The lowest BCUT2D eigenvalue weighted by atomic mass is 10.1. The third-order valence-corrected chi connectivity index (χ3v) is 5.54. The first-order valence-electron chi connectivity index (χ1n) is 8.82. The molecule has 2 atom stereocenters. The van der Waals surface area contributed by atoms with E-state index < -0.39 is 23.4 Å². The van der Waals surface area contributed by atoms with Crippen LogP contribution in [0, 0.1) is 6.92 Å². The van der Waals surface area contributed by atoms with E-state index in [1.807, 2.05) is 25.1 Å². The molecule has 10 nitrogen and oxygen atoms in total. The normalized spacial score (nSPS) is 19.5. The van der Waals surface area contributed by atoms with E-state index in [0.29, 0.717) is 16.4 Å². The summed E-state index contributed by atoms with van der Waals surface area (Å²) in [7, 11) is 0. The van der Waals surface area contributed by atoms with E-state index in [2.05, 4.69) is 20.6 Å². The Morgan fingerprint density at radius 1 is 1.18 bits per heavy atom. The number of hydrogen-bond donors (Lipinski definition) is 0. The van der Waals surface area contributed by atoms with Crippen LogP contribution in [0.15, 0.2) is 33.6 Å². The first-order chi connectivity index (χ1) is 13.5. The molecule has 0 amide bonds. The van der Waals surface area contributed by atoms with Gasteiger partial charge in [0.2, 0.25) is 11.7 Å². The fourth-order valence-corrected chi connectivity index (χ4v) is 4.27. The highest BCUT2D eigenvalue weighted by molar-refractivity contribution is 8.00. The maximum atomic E-state index is 12.4. The van der Waals surface area contributed by atoms with Gasteiger partial charge in [-0.1, -0.05) is 28.3 Å². The van der Waals surface area contributed by atoms with Crippen molar-refractivity contribution in [2.24, 2.45) is 10.3 Å². The van der Waals surface area contributed by atoms with Crippen LogP contribution in [0.2, 0.25) is 0 Å². The van der Waals surface area contributed by atoms with E-state index in [1.165, 1.54) is 11.8 Å². The van der Waals surface area contributed by atoms with Gasteiger partial charge in [0, 0.05) is 0 Å². The molecule has 11 heteroatoms. The van der Waals surface area contributed by atoms with Gasteiger partial charge >= 0.3 is 11.9 Å². The average Bonchev–Trinajstić information content (AvgIpc) is 3.24. The molecular formula is C17H18N6O4S. The Morgan fingerprint density at radius 3 is 2.71 bits per heavy atom. The minimum atomic E-state index is -0.838. The largest absolute Gasteiger partial charge is 0.464 e. The van der Waals surface area contributed by atoms with Crippen molar-refractivity contribution >= 4 is 29.4 Å². The monoisotopic (exact) mass is 402 g/mol. The summed E-state index contributed by atoms with van der Waals surface area (Å²) in [6.07, 6.45) is 0. The number of aryl methyl sites for hydroxylation is 1. The molecule has 0 aliphatic carbocycles. The second-order valence-corrected chi connectivity index (χ2v) is 7.23. The fraction of sp³-hybridized carbons (Fsp3) is 0.412. The van der Waals surface area contributed by atoms with Crippen molar-refractivity contribution in [3.63, 3.8) is 0 Å². The third-order valence-electron chi connectivity index (χ3n) is 4.25. The van der Waals surface area contributed by atoms with Crippen LogP contribution in [0.25, 0.3) is 5.69 Å². The quantitative estimate of drug-likeness (QED) is 0.716. The first-order valence-corrected chi connectivity index (χ1v) is 9.70. The number of rotatable bonds is 4. The molecular weight excluding hydrogens is 384 g/mol. The lowest BCUT2D eigenvalue weighted by Crippen LogP contribution is -2.37. The Balaban J connectivity index is 1.85. The summed E-state index contributed by atoms with van der Waals surface area (Å²) in [6, 6.07) is 4.88. The van der Waals surface area contributed by atoms with Crippen LogP contribution in [0.1, 0.15) is 29.9 Å². The van der Waals surface area contributed by atoms with Crippen LogP contribution in [-0.4, -0.2) is 51.6 Å². The smallest absolute Gasteiger partial charge is 0.361 e. The highest BCUT2D eigenvalue weighted by Gasteiger charge is 2.45. The summed E-state index contributed by atoms with van der Waals surface area (Å²) < 4.78 is 11.8. The number of carbonyl (C=O) groups is 2. The van der Waals surface area contributed by atoms with Crippen LogP contribution in [-0.2, 0) is 14.3 Å². The number of fused-ring (bicyclic) bond motifs is 5. The standard InChI is InChI=1S/C17H18N6O4S/c1-4-26-16(24)12-14-22(20-18-12)10-7-6-9(3)8-11(10)23-15(28-14)13(19-21-23)17(25)27-5-2/h6-8,13,15H,4-5H2,1-3H3. The maximum absolute atomic E-state index is 12.4. The topological polar surface area (TPSA) is 111 Å². The second kappa shape index (κ2) is 7.23. The van der Waals surface area contributed by atoms with Crippen LogP contribution in [0.3, 0.4) is 0 Å². The number of anilines is 1. The van der Waals surface area contributed by atoms with Crippen molar-refractivity contribution in [3.05, 3.63) is 29.5 Å². The molecule has 0 radical (unpaired) electrons. The van der Waals surface area contributed by atoms with Crippen molar-refractivity contribution in [2.45, 2.75) is 37.2 Å². The van der Waals surface area contributed by atoms with Crippen molar-refractivity contribution in [1.82, 2.24) is 15.0 Å². The molecule has 2 aliphatic rings. The Bertz CT molecular complexity index is 975. The van der Waals surface area contributed by atoms with Gasteiger partial charge in [-0.25, -0.2) is 19.3 Å². The van der Waals surface area contributed by atoms with Crippen molar-refractivity contribution in [1.29, 1.82) is 0 Å². The molecule has 0 bridgehead atoms. The van der Waals surface area contributed by atoms with Gasteiger partial charge < -0.3 is 9.47 Å². The lowest BCUT2D eigenvalue weighted by molar-refractivity contribution is -0.144. The molecule has 2 aliphatic heterocycles. The van der Waals surface area contributed by atoms with Gasteiger partial charge in [0.05, 0.1) is 24.6 Å². The lowest BCUT2D eigenvalue weighted by Gasteiger charge is -2.22. The van der Waals surface area contributed by atoms with E-state index in [-0.39, 0.29) is 18.9 Å². The minimum absolute atomic E-state index is 0.0923. The van der Waals surface area contributed by atoms with Crippen molar-refractivity contribution in [2.75, 3.05) is 18.2 Å². The molecule has 2 aromatic rings. The van der Waals surface area contributed by atoms with E-state index in [0.717, 1.165) is 5.56 Å². The van der Waals surface area contributed by atoms with E-state index in [4.69, 9.17) is 9.47 Å². The number of thioether (sulfide) groups is 1. The number of carbonyl (C=O) groups excluding carboxylic acids is 2. The molecule has 4 rings (SSSR count). The van der Waals surface area contributed by atoms with Gasteiger partial charge in [0.25, 0.3) is 0 Å². The third kappa shape index (κ3) is 2.91. The van der Waals surface area contributed by atoms with Crippen LogP contribution in [0.5, 0.6) is 0 Å². The summed E-state index contributed by atoms with van der Waals surface area (Å²) in [6.45, 7) is 5.87. The molecule has 0 fully saturated rings. The molecule has 146 valence electrons. The Kier molecular flexibility index (Phi) is 4.75.